The Morgan fingerprint density at radius 1 is 1.03 bits per heavy atom. The number of benzene rings is 2. The molecule has 0 unspecified atom stereocenters. The highest BCUT2D eigenvalue weighted by atomic mass is 32.2. The molecule has 1 heterocycles. The number of nitrogens with zero attached hydrogens (tertiary/aromatic N) is 2. The van der Waals surface area contributed by atoms with Gasteiger partial charge in [-0.3, -0.25) is 14.5 Å². The molecule has 0 spiro atoms. The first-order valence-corrected chi connectivity index (χ1v) is 11.1. The van der Waals surface area contributed by atoms with E-state index in [1.165, 1.54) is 28.9 Å². The second-order valence-corrected chi connectivity index (χ2v) is 8.80. The monoisotopic (exact) mass is 422 g/mol. The van der Waals surface area contributed by atoms with Gasteiger partial charge in [-0.05, 0) is 84.5 Å². The van der Waals surface area contributed by atoms with Crippen LogP contribution in [-0.4, -0.2) is 43.3 Å². The van der Waals surface area contributed by atoms with Gasteiger partial charge in [0.2, 0.25) is 0 Å². The van der Waals surface area contributed by atoms with E-state index in [1.807, 2.05) is 49.3 Å². The lowest BCUT2D eigenvalue weighted by Crippen LogP contribution is -2.32. The fourth-order valence-electron chi connectivity index (χ4n) is 3.77. The number of anilines is 1. The fourth-order valence-corrected chi connectivity index (χ4v) is 4.63. The molecular weight excluding hydrogens is 396 g/mol. The zero-order chi connectivity index (χ0) is 21.1. The van der Waals surface area contributed by atoms with E-state index in [-0.39, 0.29) is 17.7 Å². The molecule has 0 radical (unpaired) electrons. The molecule has 0 atom stereocenters. The van der Waals surface area contributed by atoms with Crippen molar-refractivity contribution in [1.82, 2.24) is 4.90 Å². The minimum absolute atomic E-state index is 0.245. The second-order valence-electron chi connectivity index (χ2n) is 7.81. The Balaban J connectivity index is 1.36. The lowest BCUT2D eigenvalue weighted by Gasteiger charge is -2.17. The summed E-state index contributed by atoms with van der Waals surface area (Å²) >= 11 is 0.985. The van der Waals surface area contributed by atoms with E-state index in [2.05, 4.69) is 12.1 Å². The molecule has 4 rings (SSSR count). The Kier molecular flexibility index (Phi) is 6.13. The predicted octanol–water partition coefficient (Wildman–Crippen LogP) is 4.75. The quantitative estimate of drug-likeness (QED) is 0.629. The first-order valence-electron chi connectivity index (χ1n) is 10.3. The normalized spacial score (nSPS) is 17.4. The molecule has 0 aromatic heterocycles. The first-order chi connectivity index (χ1) is 14.5. The Labute approximate surface area is 181 Å². The third-order valence-corrected chi connectivity index (χ3v) is 6.39. The highest BCUT2D eigenvalue weighted by Gasteiger charge is 2.34. The van der Waals surface area contributed by atoms with Crippen LogP contribution in [0.15, 0.2) is 47.4 Å². The van der Waals surface area contributed by atoms with Gasteiger partial charge in [0.1, 0.15) is 12.4 Å². The summed E-state index contributed by atoms with van der Waals surface area (Å²) in [6.07, 6.45) is 6.47. The third-order valence-electron chi connectivity index (χ3n) is 5.48. The van der Waals surface area contributed by atoms with Gasteiger partial charge in [-0.2, -0.15) is 0 Å². The lowest BCUT2D eigenvalue weighted by atomic mass is 9.92. The highest BCUT2D eigenvalue weighted by Crippen LogP contribution is 2.32. The summed E-state index contributed by atoms with van der Waals surface area (Å²) in [5.74, 6) is 0.551. The van der Waals surface area contributed by atoms with Gasteiger partial charge in [-0.15, -0.1) is 0 Å². The SMILES string of the molecule is CN(C)c1ccc(C=C2SC(=O)N(CCOc3ccc4c(c3)CCCC4)C2=O)cc1. The average molecular weight is 423 g/mol. The molecule has 1 fully saturated rings. The van der Waals surface area contributed by atoms with Gasteiger partial charge in [-0.25, -0.2) is 0 Å². The van der Waals surface area contributed by atoms with Gasteiger partial charge in [0.25, 0.3) is 11.1 Å². The molecule has 2 aliphatic rings. The molecule has 1 aliphatic carbocycles. The van der Waals surface area contributed by atoms with Gasteiger partial charge < -0.3 is 9.64 Å². The predicted molar refractivity (Wildman–Crippen MR) is 122 cm³/mol. The van der Waals surface area contributed by atoms with Crippen LogP contribution >= 0.6 is 11.8 Å². The molecule has 5 nitrogen and oxygen atoms in total. The maximum atomic E-state index is 12.7. The molecule has 0 N–H and O–H groups in total. The van der Waals surface area contributed by atoms with Crippen LogP contribution in [0.4, 0.5) is 10.5 Å². The van der Waals surface area contributed by atoms with Crippen molar-refractivity contribution in [2.45, 2.75) is 25.7 Å². The van der Waals surface area contributed by atoms with Crippen molar-refractivity contribution < 1.29 is 14.3 Å². The summed E-state index contributed by atoms with van der Waals surface area (Å²) in [6, 6.07) is 14.1. The average Bonchev–Trinajstić information content (AvgIpc) is 3.01. The highest BCUT2D eigenvalue weighted by molar-refractivity contribution is 8.18. The molecule has 0 bridgehead atoms. The van der Waals surface area contributed by atoms with Crippen LogP contribution in [-0.2, 0) is 17.6 Å². The second kappa shape index (κ2) is 8.96. The van der Waals surface area contributed by atoms with E-state index in [0.717, 1.165) is 41.6 Å². The van der Waals surface area contributed by atoms with Gasteiger partial charge in [0.15, 0.2) is 0 Å². The molecule has 2 amide bonds. The Morgan fingerprint density at radius 3 is 2.50 bits per heavy atom. The number of carbonyl (C=O) groups excluding carboxylic acids is 2. The van der Waals surface area contributed by atoms with Gasteiger partial charge in [0, 0.05) is 19.8 Å². The van der Waals surface area contributed by atoms with Crippen molar-refractivity contribution in [3.8, 4) is 5.75 Å². The van der Waals surface area contributed by atoms with Crippen LogP contribution in [0.1, 0.15) is 29.5 Å². The lowest BCUT2D eigenvalue weighted by molar-refractivity contribution is -0.123. The van der Waals surface area contributed by atoms with E-state index >= 15 is 0 Å². The molecule has 1 saturated heterocycles. The number of thioether (sulfide) groups is 1. The van der Waals surface area contributed by atoms with Crippen molar-refractivity contribution in [1.29, 1.82) is 0 Å². The zero-order valence-electron chi connectivity index (χ0n) is 17.4. The number of ether oxygens (including phenoxy) is 1. The van der Waals surface area contributed by atoms with Crippen LogP contribution in [0.5, 0.6) is 5.75 Å². The summed E-state index contributed by atoms with van der Waals surface area (Å²) in [4.78, 5) is 28.7. The number of hydrogen-bond acceptors (Lipinski definition) is 5. The summed E-state index contributed by atoms with van der Waals surface area (Å²) in [5.41, 5.74) is 4.74. The van der Waals surface area contributed by atoms with Crippen LogP contribution < -0.4 is 9.64 Å². The number of hydrogen-bond donors (Lipinski definition) is 0. The zero-order valence-corrected chi connectivity index (χ0v) is 18.2. The number of imide groups is 1. The summed E-state index contributed by atoms with van der Waals surface area (Å²) in [5, 5.41) is -0.245. The van der Waals surface area contributed by atoms with E-state index in [1.54, 1.807) is 6.08 Å². The first kappa shape index (κ1) is 20.5. The van der Waals surface area contributed by atoms with E-state index < -0.39 is 0 Å². The number of carbonyl (C=O) groups is 2. The maximum absolute atomic E-state index is 12.7. The minimum atomic E-state index is -0.254. The molecular formula is C24H26N2O3S. The molecule has 2 aromatic carbocycles. The smallest absolute Gasteiger partial charge is 0.293 e. The van der Waals surface area contributed by atoms with Crippen LogP contribution in [0.2, 0.25) is 0 Å². The van der Waals surface area contributed by atoms with Gasteiger partial charge in [0.05, 0.1) is 11.4 Å². The maximum Gasteiger partial charge on any atom is 0.293 e. The number of amides is 2. The van der Waals surface area contributed by atoms with Crippen molar-refractivity contribution >= 4 is 34.7 Å². The van der Waals surface area contributed by atoms with Gasteiger partial charge in [-0.1, -0.05) is 18.2 Å². The van der Waals surface area contributed by atoms with Crippen molar-refractivity contribution in [2.24, 2.45) is 0 Å². The fraction of sp³-hybridized carbons (Fsp3) is 0.333. The van der Waals surface area contributed by atoms with E-state index in [0.29, 0.717) is 11.5 Å². The number of fused-ring (bicyclic) bond motifs is 1. The molecule has 30 heavy (non-hydrogen) atoms. The topological polar surface area (TPSA) is 49.9 Å². The van der Waals surface area contributed by atoms with Crippen molar-refractivity contribution in [3.05, 3.63) is 64.1 Å². The minimum Gasteiger partial charge on any atom is -0.492 e. The molecule has 1 aliphatic heterocycles. The van der Waals surface area contributed by atoms with Gasteiger partial charge >= 0.3 is 0 Å². The number of aryl methyl sites for hydroxylation is 2. The largest absolute Gasteiger partial charge is 0.492 e. The molecule has 2 aromatic rings. The molecule has 156 valence electrons. The van der Waals surface area contributed by atoms with E-state index in [4.69, 9.17) is 4.74 Å². The van der Waals surface area contributed by atoms with Crippen molar-refractivity contribution in [3.63, 3.8) is 0 Å². The summed E-state index contributed by atoms with van der Waals surface area (Å²) in [7, 11) is 3.96. The summed E-state index contributed by atoms with van der Waals surface area (Å²) < 4.78 is 5.84. The molecule has 6 heteroatoms. The Hall–Kier alpha value is -2.73. The standard InChI is InChI=1S/C24H26N2O3S/c1-25(2)20-10-7-17(8-11-20)15-22-23(27)26(24(28)30-22)13-14-29-21-12-9-18-5-3-4-6-19(18)16-21/h7-12,15-16H,3-6,13-14H2,1-2H3. The van der Waals surface area contributed by atoms with E-state index in [9.17, 15) is 9.59 Å². The third kappa shape index (κ3) is 4.54. The number of rotatable bonds is 6. The van der Waals surface area contributed by atoms with Crippen LogP contribution in [0.3, 0.4) is 0 Å². The van der Waals surface area contributed by atoms with Crippen LogP contribution in [0, 0.1) is 0 Å². The molecule has 0 saturated carbocycles. The Bertz CT molecular complexity index is 982. The summed E-state index contributed by atoms with van der Waals surface area (Å²) in [6.45, 7) is 0.542. The van der Waals surface area contributed by atoms with Crippen molar-refractivity contribution in [2.75, 3.05) is 32.1 Å². The van der Waals surface area contributed by atoms with Crippen LogP contribution in [0.25, 0.3) is 6.08 Å². The Morgan fingerprint density at radius 2 is 1.77 bits per heavy atom.